The summed E-state index contributed by atoms with van der Waals surface area (Å²) in [4.78, 5) is 11.6. The number of hydrogen-bond donors (Lipinski definition) is 3. The number of halogens is 1. The highest BCUT2D eigenvalue weighted by Crippen LogP contribution is 2.23. The minimum atomic E-state index is -0.484. The molecule has 0 heterocycles. The predicted molar refractivity (Wildman–Crippen MR) is 76.8 cm³/mol. The van der Waals surface area contributed by atoms with Gasteiger partial charge in [0.25, 0.3) is 0 Å². The molecule has 1 rings (SSSR count). The largest absolute Gasteiger partial charge is 0.391 e. The molecule has 1 aromatic carbocycles. The molecule has 0 saturated carbocycles. The van der Waals surface area contributed by atoms with Gasteiger partial charge in [0.2, 0.25) is 0 Å². The number of aryl methyl sites for hydroxylation is 1. The number of rotatable bonds is 5. The van der Waals surface area contributed by atoms with Crippen LogP contribution in [-0.4, -0.2) is 23.8 Å². The van der Waals surface area contributed by atoms with Crippen molar-refractivity contribution in [3.05, 3.63) is 28.2 Å². The molecule has 0 aliphatic heterocycles. The Morgan fingerprint density at radius 3 is 2.83 bits per heavy atom. The average Bonchev–Trinajstić information content (AvgIpc) is 2.31. The van der Waals surface area contributed by atoms with E-state index in [1.807, 2.05) is 32.0 Å². The number of benzene rings is 1. The van der Waals surface area contributed by atoms with Gasteiger partial charge in [0.05, 0.1) is 11.8 Å². The third kappa shape index (κ3) is 5.06. The van der Waals surface area contributed by atoms with Crippen molar-refractivity contribution in [2.24, 2.45) is 0 Å². The summed E-state index contributed by atoms with van der Waals surface area (Å²) in [5.74, 6) is 0. The van der Waals surface area contributed by atoms with Crippen molar-refractivity contribution in [3.63, 3.8) is 0 Å². The van der Waals surface area contributed by atoms with Crippen LogP contribution in [0.15, 0.2) is 22.7 Å². The summed E-state index contributed by atoms with van der Waals surface area (Å²) in [5.41, 5.74) is 1.83. The van der Waals surface area contributed by atoms with Crippen molar-refractivity contribution in [1.82, 2.24) is 5.32 Å². The number of hydrogen-bond acceptors (Lipinski definition) is 2. The summed E-state index contributed by atoms with van der Waals surface area (Å²) < 4.78 is 0.840. The highest BCUT2D eigenvalue weighted by molar-refractivity contribution is 9.10. The monoisotopic (exact) mass is 314 g/mol. The third-order valence-electron chi connectivity index (χ3n) is 2.49. The molecule has 0 radical (unpaired) electrons. The fourth-order valence-corrected chi connectivity index (χ4v) is 2.13. The Kier molecular flexibility index (Phi) is 6.15. The lowest BCUT2D eigenvalue weighted by atomic mass is 10.2. The zero-order chi connectivity index (χ0) is 13.5. The van der Waals surface area contributed by atoms with Crippen LogP contribution < -0.4 is 10.6 Å². The molecule has 4 nitrogen and oxygen atoms in total. The maximum absolute atomic E-state index is 11.6. The van der Waals surface area contributed by atoms with Gasteiger partial charge in [-0.05, 0) is 47.0 Å². The van der Waals surface area contributed by atoms with Crippen molar-refractivity contribution in [2.75, 3.05) is 11.9 Å². The van der Waals surface area contributed by atoms with Gasteiger partial charge in [0.15, 0.2) is 0 Å². The standard InChI is InChI=1S/C13H19BrN2O2/c1-3-4-10(17)8-15-13(18)16-12-6-5-9(2)7-11(12)14/h5-7,10,17H,3-4,8H2,1-2H3,(H2,15,16,18). The first-order valence-electron chi connectivity index (χ1n) is 6.02. The first kappa shape index (κ1) is 15.0. The molecule has 18 heavy (non-hydrogen) atoms. The zero-order valence-corrected chi connectivity index (χ0v) is 12.3. The van der Waals surface area contributed by atoms with Gasteiger partial charge in [-0.2, -0.15) is 0 Å². The summed E-state index contributed by atoms with van der Waals surface area (Å²) in [6, 6.07) is 5.38. The van der Waals surface area contributed by atoms with Crippen LogP contribution in [0.3, 0.4) is 0 Å². The van der Waals surface area contributed by atoms with Crippen LogP contribution in [0.25, 0.3) is 0 Å². The number of anilines is 1. The van der Waals surface area contributed by atoms with E-state index in [1.165, 1.54) is 0 Å². The average molecular weight is 315 g/mol. The highest BCUT2D eigenvalue weighted by Gasteiger charge is 2.07. The molecule has 100 valence electrons. The normalized spacial score (nSPS) is 12.0. The fraction of sp³-hybridized carbons (Fsp3) is 0.462. The van der Waals surface area contributed by atoms with Gasteiger partial charge in [-0.15, -0.1) is 0 Å². The number of carbonyl (C=O) groups excluding carboxylic acids is 1. The molecule has 2 amide bonds. The van der Waals surface area contributed by atoms with E-state index in [4.69, 9.17) is 0 Å². The molecule has 1 aromatic rings. The number of carbonyl (C=O) groups is 1. The lowest BCUT2D eigenvalue weighted by molar-refractivity contribution is 0.162. The van der Waals surface area contributed by atoms with Gasteiger partial charge in [-0.25, -0.2) is 4.79 Å². The molecular formula is C13H19BrN2O2. The molecule has 1 atom stereocenters. The van der Waals surface area contributed by atoms with E-state index in [0.29, 0.717) is 12.1 Å². The number of amides is 2. The van der Waals surface area contributed by atoms with Gasteiger partial charge in [-0.3, -0.25) is 0 Å². The lowest BCUT2D eigenvalue weighted by Crippen LogP contribution is -2.35. The molecule has 0 aromatic heterocycles. The first-order chi connectivity index (χ1) is 8.52. The summed E-state index contributed by atoms with van der Waals surface area (Å²) in [5, 5.41) is 14.9. The highest BCUT2D eigenvalue weighted by atomic mass is 79.9. The Bertz CT molecular complexity index is 410. The summed E-state index contributed by atoms with van der Waals surface area (Å²) in [7, 11) is 0. The summed E-state index contributed by atoms with van der Waals surface area (Å²) in [6.45, 7) is 4.24. The van der Waals surface area contributed by atoms with E-state index in [1.54, 1.807) is 0 Å². The smallest absolute Gasteiger partial charge is 0.319 e. The molecule has 0 fully saturated rings. The SMILES string of the molecule is CCCC(O)CNC(=O)Nc1ccc(C)cc1Br. The van der Waals surface area contributed by atoms with E-state index in [-0.39, 0.29) is 12.6 Å². The van der Waals surface area contributed by atoms with Crippen LogP contribution >= 0.6 is 15.9 Å². The van der Waals surface area contributed by atoms with Crippen LogP contribution in [-0.2, 0) is 0 Å². The van der Waals surface area contributed by atoms with E-state index >= 15 is 0 Å². The van der Waals surface area contributed by atoms with Gasteiger partial charge >= 0.3 is 6.03 Å². The molecule has 0 bridgehead atoms. The van der Waals surface area contributed by atoms with Gasteiger partial charge in [0, 0.05) is 11.0 Å². The second kappa shape index (κ2) is 7.38. The minimum absolute atomic E-state index is 0.267. The molecular weight excluding hydrogens is 296 g/mol. The second-order valence-corrected chi connectivity index (χ2v) is 5.12. The maximum Gasteiger partial charge on any atom is 0.319 e. The second-order valence-electron chi connectivity index (χ2n) is 4.26. The molecule has 1 unspecified atom stereocenters. The van der Waals surface area contributed by atoms with Crippen molar-refractivity contribution in [2.45, 2.75) is 32.8 Å². The van der Waals surface area contributed by atoms with Crippen molar-refractivity contribution >= 4 is 27.6 Å². The Morgan fingerprint density at radius 1 is 1.50 bits per heavy atom. The van der Waals surface area contributed by atoms with Crippen LogP contribution in [0.5, 0.6) is 0 Å². The fourth-order valence-electron chi connectivity index (χ4n) is 1.53. The van der Waals surface area contributed by atoms with Crippen LogP contribution in [0.1, 0.15) is 25.3 Å². The van der Waals surface area contributed by atoms with Crippen LogP contribution in [0, 0.1) is 6.92 Å². The van der Waals surface area contributed by atoms with Gasteiger partial charge in [0.1, 0.15) is 0 Å². The molecule has 0 aliphatic carbocycles. The third-order valence-corrected chi connectivity index (χ3v) is 3.15. The van der Waals surface area contributed by atoms with Crippen LogP contribution in [0.2, 0.25) is 0 Å². The molecule has 0 saturated heterocycles. The predicted octanol–water partition coefficient (Wildman–Crippen LogP) is 3.04. The van der Waals surface area contributed by atoms with Gasteiger partial charge in [-0.1, -0.05) is 19.4 Å². The maximum atomic E-state index is 11.6. The summed E-state index contributed by atoms with van der Waals surface area (Å²) >= 11 is 3.39. The summed E-state index contributed by atoms with van der Waals surface area (Å²) in [6.07, 6.45) is 1.10. The Balaban J connectivity index is 2.44. The Morgan fingerprint density at radius 2 is 2.22 bits per heavy atom. The Hall–Kier alpha value is -1.07. The van der Waals surface area contributed by atoms with E-state index in [9.17, 15) is 9.90 Å². The molecule has 3 N–H and O–H groups in total. The van der Waals surface area contributed by atoms with Crippen molar-refractivity contribution < 1.29 is 9.90 Å². The van der Waals surface area contributed by atoms with Crippen molar-refractivity contribution in [3.8, 4) is 0 Å². The van der Waals surface area contributed by atoms with Crippen LogP contribution in [0.4, 0.5) is 10.5 Å². The lowest BCUT2D eigenvalue weighted by Gasteiger charge is -2.12. The number of aliphatic hydroxyl groups excluding tert-OH is 1. The van der Waals surface area contributed by atoms with E-state index in [0.717, 1.165) is 16.5 Å². The van der Waals surface area contributed by atoms with Gasteiger partial charge < -0.3 is 15.7 Å². The first-order valence-corrected chi connectivity index (χ1v) is 6.81. The number of aliphatic hydroxyl groups is 1. The molecule has 5 heteroatoms. The van der Waals surface area contributed by atoms with Crippen molar-refractivity contribution in [1.29, 1.82) is 0 Å². The quantitative estimate of drug-likeness (QED) is 0.782. The van der Waals surface area contributed by atoms with E-state index < -0.39 is 6.10 Å². The number of nitrogens with one attached hydrogen (secondary N) is 2. The minimum Gasteiger partial charge on any atom is -0.391 e. The molecule has 0 aliphatic rings. The van der Waals surface area contributed by atoms with E-state index in [2.05, 4.69) is 26.6 Å². The number of urea groups is 1. The molecule has 0 spiro atoms. The zero-order valence-electron chi connectivity index (χ0n) is 10.7. The Labute approximate surface area is 116 Å². The topological polar surface area (TPSA) is 61.4 Å².